The van der Waals surface area contributed by atoms with Crippen LogP contribution in [0.4, 0.5) is 22.7 Å². The summed E-state index contributed by atoms with van der Waals surface area (Å²) in [5.41, 5.74) is -2.67. The molecule has 1 fully saturated rings. The van der Waals surface area contributed by atoms with Crippen LogP contribution in [0.25, 0.3) is 16.7 Å². The van der Waals surface area contributed by atoms with Crippen LogP contribution < -0.4 is 0 Å². The van der Waals surface area contributed by atoms with Crippen LogP contribution in [0.3, 0.4) is 0 Å². The van der Waals surface area contributed by atoms with Gasteiger partial charge in [0.15, 0.2) is 0 Å². The minimum atomic E-state index is -0.863. The second-order valence-electron chi connectivity index (χ2n) is 6.99. The van der Waals surface area contributed by atoms with Gasteiger partial charge >= 0.3 is 0 Å². The summed E-state index contributed by atoms with van der Waals surface area (Å²) in [5.74, 6) is 0. The standard InChI is InChI=1S/C18H13N5O9/c24-20(25)10-5-12-14(9-19-1-3-32-4-2-19)13-6-11(21(26)27)8-16(23(30)31)18(13)17(12)15(7-10)22(28)29/h5-9H,1-4H2. The highest BCUT2D eigenvalue weighted by atomic mass is 16.6. The lowest BCUT2D eigenvalue weighted by molar-refractivity contribution is -0.395. The fraction of sp³-hybridized carbons (Fsp3) is 0.222. The Morgan fingerprint density at radius 1 is 0.719 bits per heavy atom. The van der Waals surface area contributed by atoms with Crippen molar-refractivity contribution in [1.29, 1.82) is 0 Å². The fourth-order valence-electron chi connectivity index (χ4n) is 3.85. The number of benzene rings is 2. The molecule has 1 saturated heterocycles. The summed E-state index contributed by atoms with van der Waals surface area (Å²) >= 11 is 0. The lowest BCUT2D eigenvalue weighted by Gasteiger charge is -2.26. The number of rotatable bonds is 5. The third-order valence-electron chi connectivity index (χ3n) is 5.21. The van der Waals surface area contributed by atoms with Gasteiger partial charge in [0, 0.05) is 48.1 Å². The maximum atomic E-state index is 11.8. The van der Waals surface area contributed by atoms with Crippen LogP contribution in [0, 0.1) is 40.5 Å². The second-order valence-corrected chi connectivity index (χ2v) is 6.99. The number of ether oxygens (including phenoxy) is 1. The lowest BCUT2D eigenvalue weighted by atomic mass is 10.0. The molecule has 4 rings (SSSR count). The number of fused-ring (bicyclic) bond motifs is 3. The van der Waals surface area contributed by atoms with Gasteiger partial charge in [-0.2, -0.15) is 0 Å². The quantitative estimate of drug-likeness (QED) is 0.419. The smallest absolute Gasteiger partial charge is 0.284 e. The third-order valence-corrected chi connectivity index (χ3v) is 5.21. The molecule has 164 valence electrons. The molecule has 14 heteroatoms. The summed E-state index contributed by atoms with van der Waals surface area (Å²) in [4.78, 5) is 44.8. The molecule has 0 N–H and O–H groups in total. The summed E-state index contributed by atoms with van der Waals surface area (Å²) in [6.07, 6.45) is 1.55. The van der Waals surface area contributed by atoms with Crippen LogP contribution in [0.1, 0.15) is 11.1 Å². The molecule has 0 spiro atoms. The van der Waals surface area contributed by atoms with Gasteiger partial charge in [0.25, 0.3) is 22.7 Å². The largest absolute Gasteiger partial charge is 0.378 e. The van der Waals surface area contributed by atoms with E-state index in [1.165, 1.54) is 0 Å². The number of hydrogen-bond donors (Lipinski definition) is 0. The summed E-state index contributed by atoms with van der Waals surface area (Å²) < 4.78 is 5.28. The maximum Gasteiger partial charge on any atom is 0.284 e. The van der Waals surface area contributed by atoms with Crippen LogP contribution in [-0.2, 0) is 4.74 Å². The average molecular weight is 443 g/mol. The third kappa shape index (κ3) is 3.37. The van der Waals surface area contributed by atoms with Gasteiger partial charge < -0.3 is 9.64 Å². The molecule has 0 amide bonds. The van der Waals surface area contributed by atoms with Crippen LogP contribution in [0.5, 0.6) is 0 Å². The molecule has 0 bridgehead atoms. The lowest BCUT2D eigenvalue weighted by Crippen LogP contribution is -2.32. The molecule has 0 unspecified atom stereocenters. The van der Waals surface area contributed by atoms with Crippen molar-refractivity contribution in [2.24, 2.45) is 0 Å². The van der Waals surface area contributed by atoms with Gasteiger partial charge in [-0.1, -0.05) is 0 Å². The van der Waals surface area contributed by atoms with Crippen LogP contribution in [-0.4, -0.2) is 50.9 Å². The number of hydrogen-bond acceptors (Lipinski definition) is 10. The first kappa shape index (κ1) is 20.8. The first-order valence-corrected chi connectivity index (χ1v) is 9.17. The van der Waals surface area contributed by atoms with E-state index in [0.717, 1.165) is 24.3 Å². The predicted molar refractivity (Wildman–Crippen MR) is 108 cm³/mol. The molecule has 2 aromatic rings. The van der Waals surface area contributed by atoms with Gasteiger partial charge in [0.1, 0.15) is 0 Å². The molecule has 32 heavy (non-hydrogen) atoms. The molecule has 0 atom stereocenters. The number of nitro groups is 4. The zero-order chi connectivity index (χ0) is 23.2. The molecule has 2 aliphatic rings. The zero-order valence-electron chi connectivity index (χ0n) is 16.1. The van der Waals surface area contributed by atoms with Gasteiger partial charge in [-0.25, -0.2) is 0 Å². The first-order chi connectivity index (χ1) is 15.2. The highest BCUT2D eigenvalue weighted by Crippen LogP contribution is 2.54. The summed E-state index contributed by atoms with van der Waals surface area (Å²) in [5, 5.41) is 46.3. The van der Waals surface area contributed by atoms with E-state index in [-0.39, 0.29) is 27.8 Å². The molecule has 0 saturated carbocycles. The predicted octanol–water partition coefficient (Wildman–Crippen LogP) is 3.02. The monoisotopic (exact) mass is 443 g/mol. The minimum Gasteiger partial charge on any atom is -0.378 e. The Morgan fingerprint density at radius 3 is 1.53 bits per heavy atom. The Balaban J connectivity index is 2.11. The zero-order valence-corrected chi connectivity index (χ0v) is 16.1. The van der Waals surface area contributed by atoms with Crippen molar-refractivity contribution in [3.8, 4) is 11.1 Å². The van der Waals surface area contributed by atoms with Crippen LogP contribution in [0.2, 0.25) is 0 Å². The molecule has 2 aromatic carbocycles. The van der Waals surface area contributed by atoms with E-state index in [2.05, 4.69) is 0 Å². The highest BCUT2D eigenvalue weighted by molar-refractivity contribution is 6.08. The Morgan fingerprint density at radius 2 is 1.16 bits per heavy atom. The molecule has 0 radical (unpaired) electrons. The Labute approximate surface area is 177 Å². The van der Waals surface area contributed by atoms with E-state index >= 15 is 0 Å². The molecular weight excluding hydrogens is 430 g/mol. The van der Waals surface area contributed by atoms with E-state index in [0.29, 0.717) is 26.3 Å². The average Bonchev–Trinajstić information content (AvgIpc) is 3.06. The summed E-state index contributed by atoms with van der Waals surface area (Å²) in [7, 11) is 0. The number of non-ortho nitro benzene ring substituents is 2. The second kappa shape index (κ2) is 7.66. The minimum absolute atomic E-state index is 0.0241. The summed E-state index contributed by atoms with van der Waals surface area (Å²) in [6, 6.07) is 3.63. The topological polar surface area (TPSA) is 185 Å². The van der Waals surface area contributed by atoms with Crippen molar-refractivity contribution in [3.63, 3.8) is 0 Å². The Kier molecular flexibility index (Phi) is 4.98. The van der Waals surface area contributed by atoms with Crippen molar-refractivity contribution in [2.75, 3.05) is 26.3 Å². The maximum absolute atomic E-state index is 11.8. The Bertz CT molecular complexity index is 1150. The van der Waals surface area contributed by atoms with Crippen LogP contribution in [0.15, 0.2) is 30.5 Å². The van der Waals surface area contributed by atoms with Gasteiger partial charge in [-0.05, 0) is 0 Å². The van der Waals surface area contributed by atoms with E-state index < -0.39 is 42.4 Å². The molecule has 1 aliphatic heterocycles. The van der Waals surface area contributed by atoms with E-state index in [4.69, 9.17) is 4.74 Å². The van der Waals surface area contributed by atoms with E-state index in [9.17, 15) is 40.5 Å². The number of nitrogens with zero attached hydrogens (tertiary/aromatic N) is 5. The number of nitro benzene ring substituents is 4. The molecule has 1 aliphatic carbocycles. The summed E-state index contributed by atoms with van der Waals surface area (Å²) in [6.45, 7) is 1.63. The van der Waals surface area contributed by atoms with Crippen molar-refractivity contribution in [2.45, 2.75) is 0 Å². The van der Waals surface area contributed by atoms with E-state index in [1.54, 1.807) is 11.1 Å². The molecule has 14 nitrogen and oxygen atoms in total. The number of morpholine rings is 1. The van der Waals surface area contributed by atoms with Crippen molar-refractivity contribution < 1.29 is 24.4 Å². The van der Waals surface area contributed by atoms with Gasteiger partial charge in [0.2, 0.25) is 0 Å². The SMILES string of the molecule is O=[N+]([O-])c1cc2c(c([N+](=O)[O-])c1)-c1c(cc([N+](=O)[O-])cc1[N+](=O)[O-])C2=CN1CCOCC1. The molecule has 1 heterocycles. The van der Waals surface area contributed by atoms with Crippen molar-refractivity contribution >= 4 is 28.3 Å². The van der Waals surface area contributed by atoms with Gasteiger partial charge in [-0.3, -0.25) is 40.5 Å². The van der Waals surface area contributed by atoms with Crippen LogP contribution >= 0.6 is 0 Å². The highest BCUT2D eigenvalue weighted by Gasteiger charge is 2.40. The van der Waals surface area contributed by atoms with Gasteiger partial charge in [-0.15, -0.1) is 0 Å². The Hall–Kier alpha value is -4.46. The van der Waals surface area contributed by atoms with E-state index in [1.807, 2.05) is 0 Å². The first-order valence-electron chi connectivity index (χ1n) is 9.17. The van der Waals surface area contributed by atoms with Crippen molar-refractivity contribution in [3.05, 3.63) is 82.0 Å². The fourth-order valence-corrected chi connectivity index (χ4v) is 3.85. The molecular formula is C18H13N5O9. The molecule has 0 aromatic heterocycles. The van der Waals surface area contributed by atoms with Gasteiger partial charge in [0.05, 0.1) is 56.2 Å². The van der Waals surface area contributed by atoms with Crippen molar-refractivity contribution in [1.82, 2.24) is 4.90 Å². The normalized spacial score (nSPS) is 14.5.